The number of anilines is 1. The summed E-state index contributed by atoms with van der Waals surface area (Å²) in [5.74, 6) is -3.66. The van der Waals surface area contributed by atoms with Gasteiger partial charge in [0.25, 0.3) is 17.7 Å². The molecule has 0 bridgehead atoms. The van der Waals surface area contributed by atoms with E-state index in [1.807, 2.05) is 13.0 Å². The van der Waals surface area contributed by atoms with E-state index in [9.17, 15) is 41.9 Å². The van der Waals surface area contributed by atoms with Crippen LogP contribution in [-0.4, -0.2) is 86.2 Å². The van der Waals surface area contributed by atoms with E-state index in [-0.39, 0.29) is 48.0 Å². The Balaban J connectivity index is 1.02. The number of aromatic nitrogens is 1. The Bertz CT molecular complexity index is 2320. The number of nitrogens with one attached hydrogen (secondary N) is 4. The van der Waals surface area contributed by atoms with Crippen LogP contribution in [0.2, 0.25) is 0 Å². The second-order valence-electron chi connectivity index (χ2n) is 14.8. The number of piperidine rings is 1. The van der Waals surface area contributed by atoms with Gasteiger partial charge in [0.15, 0.2) is 0 Å². The number of hydrogen-bond acceptors (Lipinski definition) is 10. The molecular formula is C43H44F3N6O7SSi. The van der Waals surface area contributed by atoms with Gasteiger partial charge in [-0.05, 0) is 80.1 Å². The predicted octanol–water partition coefficient (Wildman–Crippen LogP) is 6.00. The van der Waals surface area contributed by atoms with Crippen molar-refractivity contribution in [1.82, 2.24) is 25.8 Å². The number of nitrogens with zero attached hydrogens (tertiary/aromatic N) is 2. The quantitative estimate of drug-likeness (QED) is 0.0531. The molecular weight excluding hydrogens is 830 g/mol. The zero-order chi connectivity index (χ0) is 43.9. The third-order valence-corrected chi connectivity index (χ3v) is 12.2. The van der Waals surface area contributed by atoms with Crippen LogP contribution >= 0.6 is 11.3 Å². The molecule has 4 heterocycles. The fraction of sp³-hybridized carbons (Fsp3) is 0.372. The highest BCUT2D eigenvalue weighted by Crippen LogP contribution is 2.36. The van der Waals surface area contributed by atoms with Gasteiger partial charge < -0.3 is 20.7 Å². The number of pyridine rings is 1. The molecule has 0 spiro atoms. The van der Waals surface area contributed by atoms with Gasteiger partial charge in [0.1, 0.15) is 17.0 Å². The van der Waals surface area contributed by atoms with Crippen LogP contribution in [0.1, 0.15) is 98.3 Å². The van der Waals surface area contributed by atoms with Crippen LogP contribution < -0.4 is 26.0 Å². The van der Waals surface area contributed by atoms with Crippen molar-refractivity contribution in [3.8, 4) is 17.0 Å². The standard InChI is InChI=1S/C43H44F3N6O7SSi/c1-3-10-27-23-34(60-25(27)2)38(55)50-33(21-26-15-16-31(49-24-26)28-11-8-12-29(22-28)59-43(44,45)46)37(54)48-20-7-5-4-6-19-47-32-14-9-13-30-36(32)40(57)52(39(30)56)42(61)18-17-35(53)51-41(42)58/h8-9,11-16,22-24,33,47H,3-7,10,17-21H2,1-2H3,(H,48,54)(H,50,55)(H,51,53,58)/t33-,42-/m0/s1. The largest absolute Gasteiger partial charge is 0.573 e. The van der Waals surface area contributed by atoms with Gasteiger partial charge >= 0.3 is 6.36 Å². The lowest BCUT2D eigenvalue weighted by atomic mass is 10.0. The number of aryl methyl sites for hydroxylation is 2. The van der Waals surface area contributed by atoms with Crippen LogP contribution in [0.3, 0.4) is 0 Å². The molecule has 1 saturated heterocycles. The molecule has 2 aromatic heterocycles. The third-order valence-electron chi connectivity index (χ3n) is 10.4. The van der Waals surface area contributed by atoms with E-state index >= 15 is 0 Å². The van der Waals surface area contributed by atoms with Crippen molar-refractivity contribution in [2.75, 3.05) is 18.4 Å². The van der Waals surface area contributed by atoms with E-state index in [0.29, 0.717) is 53.3 Å². The first kappa shape index (κ1) is 44.7. The number of rotatable bonds is 18. The van der Waals surface area contributed by atoms with Gasteiger partial charge in [-0.15, -0.1) is 24.5 Å². The maximum absolute atomic E-state index is 13.6. The van der Waals surface area contributed by atoms with E-state index in [4.69, 9.17) is 0 Å². The van der Waals surface area contributed by atoms with Crippen LogP contribution in [0.15, 0.2) is 66.9 Å². The molecule has 2 aliphatic rings. The number of halogens is 3. The normalized spacial score (nSPS) is 16.9. The molecule has 13 nitrogen and oxygen atoms in total. The molecule has 2 aliphatic heterocycles. The molecule has 1 fully saturated rings. The molecule has 0 saturated carbocycles. The summed E-state index contributed by atoms with van der Waals surface area (Å²) >= 11 is 1.37. The lowest BCUT2D eigenvalue weighted by Crippen LogP contribution is -2.65. The number of thiophene rings is 1. The van der Waals surface area contributed by atoms with Crippen molar-refractivity contribution in [2.45, 2.75) is 89.2 Å². The summed E-state index contributed by atoms with van der Waals surface area (Å²) in [6.45, 7) is 4.84. The van der Waals surface area contributed by atoms with Crippen molar-refractivity contribution in [3.05, 3.63) is 98.9 Å². The first-order chi connectivity index (χ1) is 29.1. The number of unbranched alkanes of at least 4 members (excludes halogenated alkanes) is 3. The topological polar surface area (TPSA) is 176 Å². The first-order valence-electron chi connectivity index (χ1n) is 19.9. The summed E-state index contributed by atoms with van der Waals surface area (Å²) in [5.41, 5.74) is 3.28. The fourth-order valence-electron chi connectivity index (χ4n) is 7.25. The number of ether oxygens (including phenoxy) is 1. The van der Waals surface area contributed by atoms with Gasteiger partial charge in [-0.3, -0.25) is 44.0 Å². The van der Waals surface area contributed by atoms with Crippen molar-refractivity contribution >= 4 is 62.7 Å². The Kier molecular flexibility index (Phi) is 14.1. The number of amides is 6. The lowest BCUT2D eigenvalue weighted by molar-refractivity contribution is -0.274. The molecule has 61 heavy (non-hydrogen) atoms. The highest BCUT2D eigenvalue weighted by Gasteiger charge is 2.53. The molecule has 2 aromatic carbocycles. The highest BCUT2D eigenvalue weighted by molar-refractivity contribution is 7.14. The van der Waals surface area contributed by atoms with Crippen molar-refractivity contribution in [1.29, 1.82) is 0 Å². The first-order valence-corrected chi connectivity index (χ1v) is 21.2. The lowest BCUT2D eigenvalue weighted by Gasteiger charge is -2.38. The minimum Gasteiger partial charge on any atom is -0.406 e. The average molecular weight is 874 g/mol. The minimum atomic E-state index is -4.84. The van der Waals surface area contributed by atoms with Gasteiger partial charge in [-0.25, -0.2) is 0 Å². The van der Waals surface area contributed by atoms with E-state index in [1.54, 1.807) is 30.3 Å². The van der Waals surface area contributed by atoms with Gasteiger partial charge in [0, 0.05) is 48.3 Å². The van der Waals surface area contributed by atoms with Crippen molar-refractivity contribution in [2.24, 2.45) is 0 Å². The molecule has 319 valence electrons. The van der Waals surface area contributed by atoms with Crippen LogP contribution in [0, 0.1) is 6.92 Å². The van der Waals surface area contributed by atoms with Crippen LogP contribution in [0.5, 0.6) is 5.75 Å². The Morgan fingerprint density at radius 2 is 1.75 bits per heavy atom. The van der Waals surface area contributed by atoms with Crippen molar-refractivity contribution < 1.29 is 46.7 Å². The molecule has 0 unspecified atom stereocenters. The molecule has 18 heteroatoms. The molecule has 6 amide bonds. The Morgan fingerprint density at radius 1 is 1.00 bits per heavy atom. The molecule has 2 atom stereocenters. The van der Waals surface area contributed by atoms with Gasteiger partial charge in [-0.2, -0.15) is 0 Å². The number of hydrogen-bond donors (Lipinski definition) is 4. The van der Waals surface area contributed by atoms with Gasteiger partial charge in [0.05, 0.1) is 31.9 Å². The predicted molar refractivity (Wildman–Crippen MR) is 222 cm³/mol. The van der Waals surface area contributed by atoms with Crippen LogP contribution in [0.4, 0.5) is 18.9 Å². The molecule has 4 aromatic rings. The summed E-state index contributed by atoms with van der Waals surface area (Å²) < 4.78 is 42.4. The van der Waals surface area contributed by atoms with Gasteiger partial charge in [-0.1, -0.05) is 50.5 Å². The highest BCUT2D eigenvalue weighted by atomic mass is 32.1. The number of imide groups is 2. The smallest absolute Gasteiger partial charge is 0.406 e. The maximum atomic E-state index is 13.6. The summed E-state index contributed by atoms with van der Waals surface area (Å²) in [6, 6.07) is 14.6. The molecule has 6 rings (SSSR count). The summed E-state index contributed by atoms with van der Waals surface area (Å²) in [5, 5.41) is 9.57. The Hall–Kier alpha value is -5.88. The molecule has 3 radical (unpaired) electrons. The van der Waals surface area contributed by atoms with E-state index in [0.717, 1.165) is 41.0 Å². The third kappa shape index (κ3) is 10.7. The minimum absolute atomic E-state index is 0.0354. The number of carbonyl (C=O) groups excluding carboxylic acids is 6. The zero-order valence-electron chi connectivity index (χ0n) is 33.5. The van der Waals surface area contributed by atoms with Crippen molar-refractivity contribution in [3.63, 3.8) is 0 Å². The number of benzene rings is 2. The Labute approximate surface area is 357 Å². The Morgan fingerprint density at radius 3 is 2.46 bits per heavy atom. The van der Waals surface area contributed by atoms with Gasteiger partial charge in [0.2, 0.25) is 17.7 Å². The second-order valence-corrected chi connectivity index (χ2v) is 16.9. The maximum Gasteiger partial charge on any atom is 0.573 e. The number of fused-ring (bicyclic) bond motifs is 1. The van der Waals surface area contributed by atoms with Crippen LogP contribution in [-0.2, 0) is 27.2 Å². The zero-order valence-corrected chi connectivity index (χ0v) is 35.3. The van der Waals surface area contributed by atoms with E-state index in [2.05, 4.69) is 48.2 Å². The van der Waals surface area contributed by atoms with Crippen LogP contribution in [0.25, 0.3) is 11.3 Å². The fourth-order valence-corrected chi connectivity index (χ4v) is 8.61. The summed E-state index contributed by atoms with van der Waals surface area (Å²) in [7, 11) is 3.34. The summed E-state index contributed by atoms with van der Waals surface area (Å²) in [4.78, 5) is 85.1. The number of alkyl halides is 3. The molecule has 0 aliphatic carbocycles. The second kappa shape index (κ2) is 19.2. The van der Waals surface area contributed by atoms with E-state index < -0.39 is 41.2 Å². The number of carbonyl (C=O) groups is 6. The average Bonchev–Trinajstić information content (AvgIpc) is 3.72. The van der Waals surface area contributed by atoms with E-state index in [1.165, 1.54) is 41.8 Å². The monoisotopic (exact) mass is 873 g/mol. The SMILES string of the molecule is CCCc1cc(C(=O)N[C@@H](Cc2ccc(-c3cccc(OC(F)(F)F)c3)nc2)C(=O)NCCCCCCNc2cccc3c2C(=O)N([C@]2([Si])CCC(=O)NC2=O)C3=O)sc1C. The summed E-state index contributed by atoms with van der Waals surface area (Å²) in [6.07, 6.45) is 1.34. The molecule has 4 N–H and O–H groups in total.